The first kappa shape index (κ1) is 14.9. The fraction of sp³-hybridized carbons (Fsp3) is 0.500. The van der Waals surface area contributed by atoms with E-state index in [1.165, 1.54) is 0 Å². The van der Waals surface area contributed by atoms with Crippen LogP contribution in [0.25, 0.3) is 0 Å². The Balaban J connectivity index is 2.94. The van der Waals surface area contributed by atoms with E-state index in [1.807, 2.05) is 13.8 Å². The van der Waals surface area contributed by atoms with Crippen LogP contribution in [0.15, 0.2) is 23.1 Å². The molecule has 0 aliphatic heterocycles. The zero-order valence-corrected chi connectivity index (χ0v) is 11.7. The largest absolute Gasteiger partial charge is 0.398 e. The van der Waals surface area contributed by atoms with Gasteiger partial charge in [0.05, 0.1) is 11.8 Å². The summed E-state index contributed by atoms with van der Waals surface area (Å²) in [5.74, 6) is -0.0121. The van der Waals surface area contributed by atoms with E-state index < -0.39 is 16.1 Å². The Bertz CT molecular complexity index is 492. The third-order valence-electron chi connectivity index (χ3n) is 2.76. The minimum absolute atomic E-state index is 0.0121. The Morgan fingerprint density at radius 3 is 2.50 bits per heavy atom. The third-order valence-corrected chi connectivity index (χ3v) is 4.40. The second kappa shape index (κ2) is 5.69. The third kappa shape index (κ3) is 3.44. The first-order valence-electron chi connectivity index (χ1n) is 5.78. The zero-order valence-electron chi connectivity index (χ0n) is 10.8. The van der Waals surface area contributed by atoms with Crippen LogP contribution in [0.3, 0.4) is 0 Å². The van der Waals surface area contributed by atoms with Gasteiger partial charge in [0.15, 0.2) is 0 Å². The van der Waals surface area contributed by atoms with Crippen LogP contribution in [0.5, 0.6) is 0 Å². The fourth-order valence-corrected chi connectivity index (χ4v) is 2.95. The van der Waals surface area contributed by atoms with Gasteiger partial charge in [-0.3, -0.25) is 0 Å². The van der Waals surface area contributed by atoms with Crippen LogP contribution in [-0.2, 0) is 10.0 Å². The maximum Gasteiger partial charge on any atom is 0.242 e. The number of benzene rings is 1. The molecule has 1 rings (SSSR count). The van der Waals surface area contributed by atoms with Crippen LogP contribution in [0.1, 0.15) is 19.4 Å². The molecule has 6 heteroatoms. The molecule has 1 unspecified atom stereocenters. The molecule has 0 bridgehead atoms. The number of nitrogens with two attached hydrogens (primary N) is 1. The number of nitrogens with one attached hydrogen (secondary N) is 1. The maximum absolute atomic E-state index is 12.1. The van der Waals surface area contributed by atoms with E-state index in [-0.39, 0.29) is 23.0 Å². The summed E-state index contributed by atoms with van der Waals surface area (Å²) in [6.07, 6.45) is -0.718. The SMILES string of the molecule is Cc1cccc(N)c1S(=O)(=O)NCC(O)C(C)C. The normalized spacial score (nSPS) is 13.8. The summed E-state index contributed by atoms with van der Waals surface area (Å²) < 4.78 is 26.6. The molecule has 0 aliphatic carbocycles. The number of aryl methyl sites for hydroxylation is 1. The summed E-state index contributed by atoms with van der Waals surface area (Å²) in [5.41, 5.74) is 6.49. The average Bonchev–Trinajstić information content (AvgIpc) is 2.25. The molecular weight excluding hydrogens is 252 g/mol. The molecule has 1 aromatic carbocycles. The second-order valence-corrected chi connectivity index (χ2v) is 6.36. The van der Waals surface area contributed by atoms with Crippen LogP contribution in [0.2, 0.25) is 0 Å². The fourth-order valence-electron chi connectivity index (χ4n) is 1.55. The number of hydrogen-bond donors (Lipinski definition) is 3. The van der Waals surface area contributed by atoms with Gasteiger partial charge in [-0.25, -0.2) is 13.1 Å². The van der Waals surface area contributed by atoms with Crippen LogP contribution in [-0.4, -0.2) is 26.2 Å². The molecule has 18 heavy (non-hydrogen) atoms. The molecule has 0 radical (unpaired) electrons. The lowest BCUT2D eigenvalue weighted by molar-refractivity contribution is 0.129. The smallest absolute Gasteiger partial charge is 0.242 e. The van der Waals surface area contributed by atoms with Crippen molar-refractivity contribution in [3.05, 3.63) is 23.8 Å². The maximum atomic E-state index is 12.1. The highest BCUT2D eigenvalue weighted by atomic mass is 32.2. The lowest BCUT2D eigenvalue weighted by Crippen LogP contribution is -2.35. The highest BCUT2D eigenvalue weighted by molar-refractivity contribution is 7.89. The Hall–Kier alpha value is -1.11. The van der Waals surface area contributed by atoms with E-state index in [0.29, 0.717) is 5.56 Å². The molecule has 0 aliphatic rings. The van der Waals surface area contributed by atoms with Gasteiger partial charge in [-0.15, -0.1) is 0 Å². The zero-order chi connectivity index (χ0) is 13.9. The van der Waals surface area contributed by atoms with Crippen LogP contribution in [0, 0.1) is 12.8 Å². The number of anilines is 1. The van der Waals surface area contributed by atoms with Crippen molar-refractivity contribution in [2.45, 2.75) is 31.8 Å². The molecule has 102 valence electrons. The molecule has 0 spiro atoms. The molecule has 0 saturated heterocycles. The summed E-state index contributed by atoms with van der Waals surface area (Å²) in [5, 5.41) is 9.62. The number of aliphatic hydroxyl groups excluding tert-OH is 1. The van der Waals surface area contributed by atoms with E-state index in [1.54, 1.807) is 25.1 Å². The lowest BCUT2D eigenvalue weighted by atomic mass is 10.1. The van der Waals surface area contributed by atoms with Crippen molar-refractivity contribution in [3.8, 4) is 0 Å². The molecule has 1 aromatic rings. The van der Waals surface area contributed by atoms with Crippen LogP contribution < -0.4 is 10.5 Å². The highest BCUT2D eigenvalue weighted by Crippen LogP contribution is 2.21. The summed E-state index contributed by atoms with van der Waals surface area (Å²) in [6, 6.07) is 4.93. The van der Waals surface area contributed by atoms with Crippen molar-refractivity contribution >= 4 is 15.7 Å². The summed E-state index contributed by atoms with van der Waals surface area (Å²) >= 11 is 0. The minimum Gasteiger partial charge on any atom is -0.398 e. The van der Waals surface area contributed by atoms with Gasteiger partial charge in [0.25, 0.3) is 0 Å². The topological polar surface area (TPSA) is 92.4 Å². The van der Waals surface area contributed by atoms with Crippen molar-refractivity contribution in [1.29, 1.82) is 0 Å². The van der Waals surface area contributed by atoms with Gasteiger partial charge in [0.1, 0.15) is 4.90 Å². The number of nitrogen functional groups attached to an aromatic ring is 1. The summed E-state index contributed by atoms with van der Waals surface area (Å²) in [6.45, 7) is 5.31. The van der Waals surface area contributed by atoms with Crippen LogP contribution in [0.4, 0.5) is 5.69 Å². The molecule has 5 nitrogen and oxygen atoms in total. The van der Waals surface area contributed by atoms with Crippen molar-refractivity contribution in [2.75, 3.05) is 12.3 Å². The number of hydrogen-bond acceptors (Lipinski definition) is 4. The molecule has 1 atom stereocenters. The van der Waals surface area contributed by atoms with Gasteiger partial charge in [-0.2, -0.15) is 0 Å². The number of rotatable bonds is 5. The van der Waals surface area contributed by atoms with E-state index in [2.05, 4.69) is 4.72 Å². The minimum atomic E-state index is -3.69. The standard InChI is InChI=1S/C12H20N2O3S/c1-8(2)11(15)7-14-18(16,17)12-9(3)5-4-6-10(12)13/h4-6,8,11,14-15H,7,13H2,1-3H3. The first-order valence-corrected chi connectivity index (χ1v) is 7.27. The van der Waals surface area contributed by atoms with Gasteiger partial charge in [0.2, 0.25) is 10.0 Å². The lowest BCUT2D eigenvalue weighted by Gasteiger charge is -2.16. The van der Waals surface area contributed by atoms with Gasteiger partial charge < -0.3 is 10.8 Å². The van der Waals surface area contributed by atoms with Crippen LogP contribution >= 0.6 is 0 Å². The first-order chi connectivity index (χ1) is 8.25. The predicted octanol–water partition coefficient (Wildman–Crippen LogP) is 0.872. The van der Waals surface area contributed by atoms with Gasteiger partial charge >= 0.3 is 0 Å². The van der Waals surface area contributed by atoms with E-state index >= 15 is 0 Å². The van der Waals surface area contributed by atoms with E-state index in [0.717, 1.165) is 0 Å². The summed E-state index contributed by atoms with van der Waals surface area (Å²) in [4.78, 5) is 0.0842. The summed E-state index contributed by atoms with van der Waals surface area (Å²) in [7, 11) is -3.69. The molecule has 4 N–H and O–H groups in total. The quantitative estimate of drug-likeness (QED) is 0.694. The highest BCUT2D eigenvalue weighted by Gasteiger charge is 2.21. The molecule has 0 aromatic heterocycles. The van der Waals surface area contributed by atoms with Gasteiger partial charge in [0, 0.05) is 6.54 Å². The molecule has 0 saturated carbocycles. The Morgan fingerprint density at radius 2 is 2.00 bits per heavy atom. The van der Waals surface area contributed by atoms with Gasteiger partial charge in [-0.1, -0.05) is 26.0 Å². The van der Waals surface area contributed by atoms with Gasteiger partial charge in [-0.05, 0) is 24.5 Å². The van der Waals surface area contributed by atoms with Crippen molar-refractivity contribution < 1.29 is 13.5 Å². The number of sulfonamides is 1. The van der Waals surface area contributed by atoms with Crippen molar-refractivity contribution in [3.63, 3.8) is 0 Å². The average molecular weight is 272 g/mol. The molecular formula is C12H20N2O3S. The van der Waals surface area contributed by atoms with Crippen molar-refractivity contribution in [2.24, 2.45) is 5.92 Å². The van der Waals surface area contributed by atoms with Crippen molar-refractivity contribution in [1.82, 2.24) is 4.72 Å². The number of aliphatic hydroxyl groups is 1. The Kier molecular flexibility index (Phi) is 4.72. The van der Waals surface area contributed by atoms with E-state index in [9.17, 15) is 13.5 Å². The molecule has 0 amide bonds. The van der Waals surface area contributed by atoms with E-state index in [4.69, 9.17) is 5.73 Å². The predicted molar refractivity (Wildman–Crippen MR) is 71.6 cm³/mol. The Labute approximate surface area is 108 Å². The Morgan fingerprint density at radius 1 is 1.39 bits per heavy atom. The molecule has 0 heterocycles. The monoisotopic (exact) mass is 272 g/mol. The molecule has 0 fully saturated rings. The second-order valence-electron chi connectivity index (χ2n) is 4.66.